The molecule has 7 nitrogen and oxygen atoms in total. The van der Waals surface area contributed by atoms with E-state index in [1.807, 2.05) is 0 Å². The van der Waals surface area contributed by atoms with Crippen LogP contribution in [0, 0.1) is 11.6 Å². The van der Waals surface area contributed by atoms with Crippen molar-refractivity contribution in [2.24, 2.45) is 0 Å². The summed E-state index contributed by atoms with van der Waals surface area (Å²) in [5, 5.41) is 2.57. The number of hydrogen-bond donors (Lipinski definition) is 1. The Balaban J connectivity index is 2.38. The summed E-state index contributed by atoms with van der Waals surface area (Å²) >= 11 is 0. The second-order valence-corrected chi connectivity index (χ2v) is 7.75. The standard InChI is InChI=1S/C18H20F2N2O5S/c1-11(18(23)21-16-10-13(26-2)6-8-17(16)27-3)22(28(4,24)25)12-5-7-14(19)15(20)9-12/h5-11H,1-4H3,(H,21,23)/t11-/m0/s1. The highest BCUT2D eigenvalue weighted by Crippen LogP contribution is 2.30. The molecule has 28 heavy (non-hydrogen) atoms. The Morgan fingerprint density at radius 2 is 1.75 bits per heavy atom. The molecule has 1 atom stereocenters. The molecule has 2 aromatic rings. The van der Waals surface area contributed by atoms with Crippen LogP contribution in [0.25, 0.3) is 0 Å². The van der Waals surface area contributed by atoms with Crippen molar-refractivity contribution in [3.63, 3.8) is 0 Å². The van der Waals surface area contributed by atoms with Gasteiger partial charge in [-0.2, -0.15) is 0 Å². The van der Waals surface area contributed by atoms with E-state index < -0.39 is 33.6 Å². The highest BCUT2D eigenvalue weighted by Gasteiger charge is 2.30. The number of amides is 1. The van der Waals surface area contributed by atoms with E-state index in [0.29, 0.717) is 21.9 Å². The summed E-state index contributed by atoms with van der Waals surface area (Å²) < 4.78 is 62.3. The van der Waals surface area contributed by atoms with Crippen LogP contribution in [-0.2, 0) is 14.8 Å². The molecule has 2 rings (SSSR count). The minimum Gasteiger partial charge on any atom is -0.497 e. The first kappa shape index (κ1) is 21.4. The van der Waals surface area contributed by atoms with Gasteiger partial charge < -0.3 is 14.8 Å². The fraction of sp³-hybridized carbons (Fsp3) is 0.278. The lowest BCUT2D eigenvalue weighted by Crippen LogP contribution is -2.45. The molecule has 1 amide bonds. The van der Waals surface area contributed by atoms with E-state index >= 15 is 0 Å². The molecule has 0 fully saturated rings. The molecule has 0 bridgehead atoms. The second-order valence-electron chi connectivity index (χ2n) is 5.89. The minimum atomic E-state index is -3.99. The molecule has 0 saturated carbocycles. The van der Waals surface area contributed by atoms with Gasteiger partial charge >= 0.3 is 0 Å². The lowest BCUT2D eigenvalue weighted by molar-refractivity contribution is -0.116. The number of halogens is 2. The van der Waals surface area contributed by atoms with Crippen LogP contribution < -0.4 is 19.1 Å². The van der Waals surface area contributed by atoms with Crippen LogP contribution in [0.3, 0.4) is 0 Å². The van der Waals surface area contributed by atoms with Crippen molar-refractivity contribution in [3.05, 3.63) is 48.0 Å². The van der Waals surface area contributed by atoms with Crippen LogP contribution in [0.5, 0.6) is 11.5 Å². The van der Waals surface area contributed by atoms with Crippen molar-refractivity contribution < 1.29 is 31.5 Å². The lowest BCUT2D eigenvalue weighted by Gasteiger charge is -2.28. The van der Waals surface area contributed by atoms with Gasteiger partial charge in [0.2, 0.25) is 15.9 Å². The number of ether oxygens (including phenoxy) is 2. The fourth-order valence-corrected chi connectivity index (χ4v) is 3.75. The molecular weight excluding hydrogens is 394 g/mol. The molecule has 0 unspecified atom stereocenters. The number of nitrogens with zero attached hydrogens (tertiary/aromatic N) is 1. The zero-order valence-corrected chi connectivity index (χ0v) is 16.5. The van der Waals surface area contributed by atoms with Gasteiger partial charge in [0.15, 0.2) is 11.6 Å². The fourth-order valence-electron chi connectivity index (χ4n) is 2.58. The Morgan fingerprint density at radius 1 is 1.07 bits per heavy atom. The van der Waals surface area contributed by atoms with Crippen molar-refractivity contribution >= 4 is 27.3 Å². The number of rotatable bonds is 7. The summed E-state index contributed by atoms with van der Waals surface area (Å²) in [5.74, 6) is -2.28. The second kappa shape index (κ2) is 8.42. The summed E-state index contributed by atoms with van der Waals surface area (Å²) in [6.45, 7) is 1.32. The number of carbonyl (C=O) groups excluding carboxylic acids is 1. The van der Waals surface area contributed by atoms with Crippen molar-refractivity contribution in [1.29, 1.82) is 0 Å². The van der Waals surface area contributed by atoms with Gasteiger partial charge in [0.05, 0.1) is 31.9 Å². The van der Waals surface area contributed by atoms with E-state index in [1.165, 1.54) is 27.2 Å². The van der Waals surface area contributed by atoms with Crippen molar-refractivity contribution in [2.45, 2.75) is 13.0 Å². The smallest absolute Gasteiger partial charge is 0.248 e. The van der Waals surface area contributed by atoms with Gasteiger partial charge in [0.25, 0.3) is 0 Å². The van der Waals surface area contributed by atoms with E-state index in [0.717, 1.165) is 18.4 Å². The molecule has 10 heteroatoms. The highest BCUT2D eigenvalue weighted by atomic mass is 32.2. The van der Waals surface area contributed by atoms with Crippen LogP contribution in [0.4, 0.5) is 20.2 Å². The molecule has 0 aliphatic heterocycles. The Bertz CT molecular complexity index is 982. The Hall–Kier alpha value is -2.88. The Morgan fingerprint density at radius 3 is 2.29 bits per heavy atom. The number of hydrogen-bond acceptors (Lipinski definition) is 5. The summed E-state index contributed by atoms with van der Waals surface area (Å²) in [7, 11) is -1.13. The number of anilines is 2. The van der Waals surface area contributed by atoms with Crippen LogP contribution >= 0.6 is 0 Å². The molecular formula is C18H20F2N2O5S. The predicted molar refractivity (Wildman–Crippen MR) is 101 cm³/mol. The van der Waals surface area contributed by atoms with Crippen molar-refractivity contribution in [2.75, 3.05) is 30.1 Å². The summed E-state index contributed by atoms with van der Waals surface area (Å²) in [5.41, 5.74) is 0.0825. The van der Waals surface area contributed by atoms with E-state index in [4.69, 9.17) is 9.47 Å². The van der Waals surface area contributed by atoms with Gasteiger partial charge in [0.1, 0.15) is 17.5 Å². The normalized spacial score (nSPS) is 12.2. The first-order valence-corrected chi connectivity index (χ1v) is 9.90. The third-order valence-corrected chi connectivity index (χ3v) is 5.15. The summed E-state index contributed by atoms with van der Waals surface area (Å²) in [6, 6.07) is 6.02. The van der Waals surface area contributed by atoms with Gasteiger partial charge in [-0.1, -0.05) is 0 Å². The first-order chi connectivity index (χ1) is 13.1. The summed E-state index contributed by atoms with van der Waals surface area (Å²) in [6.07, 6.45) is 0.865. The van der Waals surface area contributed by atoms with E-state index in [9.17, 15) is 22.0 Å². The summed E-state index contributed by atoms with van der Waals surface area (Å²) in [4.78, 5) is 12.7. The van der Waals surface area contributed by atoms with Crippen LogP contribution in [0.1, 0.15) is 6.92 Å². The number of methoxy groups -OCH3 is 2. The number of benzene rings is 2. The van der Waals surface area contributed by atoms with Gasteiger partial charge in [-0.3, -0.25) is 9.10 Å². The molecule has 0 aliphatic carbocycles. The first-order valence-electron chi connectivity index (χ1n) is 8.05. The van der Waals surface area contributed by atoms with Crippen LogP contribution in [0.2, 0.25) is 0 Å². The largest absolute Gasteiger partial charge is 0.497 e. The van der Waals surface area contributed by atoms with Gasteiger partial charge in [-0.25, -0.2) is 17.2 Å². The van der Waals surface area contributed by atoms with Gasteiger partial charge in [0, 0.05) is 12.1 Å². The van der Waals surface area contributed by atoms with E-state index in [2.05, 4.69) is 5.32 Å². The molecule has 0 heterocycles. The van der Waals surface area contributed by atoms with Crippen molar-refractivity contribution in [3.8, 4) is 11.5 Å². The molecule has 1 N–H and O–H groups in total. The SMILES string of the molecule is COc1ccc(OC)c(NC(=O)[C@H](C)N(c2ccc(F)c(F)c2)S(C)(=O)=O)c1. The Kier molecular flexibility index (Phi) is 6.45. The maximum atomic E-state index is 13.6. The monoisotopic (exact) mass is 414 g/mol. The minimum absolute atomic E-state index is 0.179. The maximum absolute atomic E-state index is 13.6. The molecule has 0 radical (unpaired) electrons. The van der Waals surface area contributed by atoms with Gasteiger partial charge in [-0.15, -0.1) is 0 Å². The maximum Gasteiger partial charge on any atom is 0.248 e. The quantitative estimate of drug-likeness (QED) is 0.753. The molecule has 0 aromatic heterocycles. The molecule has 2 aromatic carbocycles. The lowest BCUT2D eigenvalue weighted by atomic mass is 10.2. The average molecular weight is 414 g/mol. The topological polar surface area (TPSA) is 84.9 Å². The molecule has 152 valence electrons. The third-order valence-electron chi connectivity index (χ3n) is 3.91. The van der Waals surface area contributed by atoms with Crippen LogP contribution in [-0.4, -0.2) is 40.8 Å². The third kappa shape index (κ3) is 4.69. The zero-order valence-electron chi connectivity index (χ0n) is 15.7. The molecule has 0 spiro atoms. The van der Waals surface area contributed by atoms with E-state index in [-0.39, 0.29) is 11.4 Å². The number of sulfonamides is 1. The average Bonchev–Trinajstić information content (AvgIpc) is 2.63. The molecule has 0 saturated heterocycles. The molecule has 0 aliphatic rings. The highest BCUT2D eigenvalue weighted by molar-refractivity contribution is 7.92. The van der Waals surface area contributed by atoms with Crippen molar-refractivity contribution in [1.82, 2.24) is 0 Å². The van der Waals surface area contributed by atoms with Gasteiger partial charge in [-0.05, 0) is 31.2 Å². The Labute approximate surface area is 161 Å². The van der Waals surface area contributed by atoms with E-state index in [1.54, 1.807) is 12.1 Å². The van der Waals surface area contributed by atoms with Crippen LogP contribution in [0.15, 0.2) is 36.4 Å². The predicted octanol–water partition coefficient (Wildman–Crippen LogP) is 2.78. The zero-order chi connectivity index (χ0) is 21.1. The number of carbonyl (C=O) groups is 1. The number of nitrogens with one attached hydrogen (secondary N) is 1.